The van der Waals surface area contributed by atoms with Crippen molar-refractivity contribution in [2.75, 3.05) is 0 Å². The fourth-order valence-electron chi connectivity index (χ4n) is 1.66. The van der Waals surface area contributed by atoms with E-state index in [4.69, 9.17) is 0 Å². The van der Waals surface area contributed by atoms with Crippen LogP contribution in [0.2, 0.25) is 19.6 Å². The molecule has 0 aliphatic rings. The highest BCUT2D eigenvalue weighted by molar-refractivity contribution is 6.81. The molecule has 0 fully saturated rings. The van der Waals surface area contributed by atoms with Gasteiger partial charge in [0.2, 0.25) is 0 Å². The van der Waals surface area contributed by atoms with Crippen LogP contribution in [0.4, 0.5) is 0 Å². The summed E-state index contributed by atoms with van der Waals surface area (Å²) in [7, 11) is -1.19. The molecule has 0 rings (SSSR count). The molecule has 0 aliphatic carbocycles. The molecule has 1 nitrogen and oxygen atoms in total. The Hall–Kier alpha value is -0.343. The minimum absolute atomic E-state index is 0.217. The number of allylic oxidation sites excluding steroid dienone is 1. The molecule has 0 spiro atoms. The van der Waals surface area contributed by atoms with Crippen molar-refractivity contribution >= 4 is 8.07 Å². The highest BCUT2D eigenvalue weighted by atomic mass is 28.3. The van der Waals surface area contributed by atoms with E-state index in [1.807, 2.05) is 6.08 Å². The van der Waals surface area contributed by atoms with Crippen molar-refractivity contribution in [2.45, 2.75) is 52.4 Å². The quantitative estimate of drug-likeness (QED) is 0.540. The molecule has 1 atom stereocenters. The third kappa shape index (κ3) is 8.64. The third-order valence-electron chi connectivity index (χ3n) is 2.10. The van der Waals surface area contributed by atoms with Crippen molar-refractivity contribution in [2.24, 2.45) is 5.92 Å². The first-order chi connectivity index (χ1) is 6.74. The summed E-state index contributed by atoms with van der Waals surface area (Å²) >= 11 is 0. The molecule has 0 bridgehead atoms. The van der Waals surface area contributed by atoms with Crippen molar-refractivity contribution in [1.29, 1.82) is 0 Å². The highest BCUT2D eigenvalue weighted by Gasteiger charge is 2.13. The molecule has 0 saturated carbocycles. The van der Waals surface area contributed by atoms with Gasteiger partial charge in [0.15, 0.2) is 0 Å². The number of rotatable bonds is 6. The topological polar surface area (TPSA) is 20.2 Å². The van der Waals surface area contributed by atoms with Crippen LogP contribution in [0, 0.1) is 5.92 Å². The highest BCUT2D eigenvalue weighted by Crippen LogP contribution is 2.16. The van der Waals surface area contributed by atoms with Crippen molar-refractivity contribution in [3.8, 4) is 0 Å². The molecule has 1 N–H and O–H groups in total. The molecule has 0 aromatic heterocycles. The van der Waals surface area contributed by atoms with E-state index in [1.54, 1.807) is 0 Å². The summed E-state index contributed by atoms with van der Waals surface area (Å²) in [6.07, 6.45) is 3.30. The molecule has 0 radical (unpaired) electrons. The average molecular weight is 226 g/mol. The van der Waals surface area contributed by atoms with Crippen molar-refractivity contribution in [3.63, 3.8) is 0 Å². The first-order valence-electron chi connectivity index (χ1n) is 5.77. The molecule has 0 amide bonds. The molecular weight excluding hydrogens is 200 g/mol. The zero-order valence-corrected chi connectivity index (χ0v) is 11.9. The van der Waals surface area contributed by atoms with E-state index in [-0.39, 0.29) is 6.10 Å². The zero-order chi connectivity index (χ0) is 12.1. The monoisotopic (exact) mass is 226 g/mol. The summed E-state index contributed by atoms with van der Waals surface area (Å²) in [5.41, 5.74) is 3.53. The Morgan fingerprint density at radius 3 is 2.20 bits per heavy atom. The van der Waals surface area contributed by atoms with Gasteiger partial charge >= 0.3 is 0 Å². The van der Waals surface area contributed by atoms with E-state index in [0.717, 1.165) is 12.8 Å². The number of hydrogen-bond donors (Lipinski definition) is 1. The standard InChI is InChI=1S/C13H26OSi/c1-7-12(10-15(4,5)6)9-13(14)8-11(2)3/h7,10-11,13-14H,1,8-9H2,2-6H3/b12-10-/t13-/m0/s1. The number of aliphatic hydroxyl groups excluding tert-OH is 1. The van der Waals surface area contributed by atoms with Crippen LogP contribution in [0.25, 0.3) is 0 Å². The lowest BCUT2D eigenvalue weighted by molar-refractivity contribution is 0.150. The van der Waals surface area contributed by atoms with Gasteiger partial charge in [0.05, 0.1) is 14.2 Å². The summed E-state index contributed by atoms with van der Waals surface area (Å²) in [6.45, 7) is 15.0. The second-order valence-electron chi connectivity index (χ2n) is 5.78. The predicted octanol–water partition coefficient (Wildman–Crippen LogP) is 3.77. The molecule has 0 aromatic rings. The maximum absolute atomic E-state index is 9.84. The second-order valence-corrected chi connectivity index (χ2v) is 10.8. The summed E-state index contributed by atoms with van der Waals surface area (Å²) in [6, 6.07) is 0. The fourth-order valence-corrected chi connectivity index (χ4v) is 3.01. The largest absolute Gasteiger partial charge is 0.393 e. The second kappa shape index (κ2) is 6.29. The minimum Gasteiger partial charge on any atom is -0.393 e. The smallest absolute Gasteiger partial charge is 0.0690 e. The maximum Gasteiger partial charge on any atom is 0.0690 e. The number of aliphatic hydroxyl groups is 1. The molecule has 0 unspecified atom stereocenters. The Balaban J connectivity index is 4.34. The van der Waals surface area contributed by atoms with E-state index in [9.17, 15) is 5.11 Å². The van der Waals surface area contributed by atoms with Gasteiger partial charge in [0, 0.05) is 0 Å². The van der Waals surface area contributed by atoms with Gasteiger partial charge in [0.1, 0.15) is 0 Å². The van der Waals surface area contributed by atoms with Gasteiger partial charge in [-0.25, -0.2) is 0 Å². The van der Waals surface area contributed by atoms with Crippen LogP contribution >= 0.6 is 0 Å². The van der Waals surface area contributed by atoms with Gasteiger partial charge in [-0.1, -0.05) is 57.4 Å². The number of hydrogen-bond acceptors (Lipinski definition) is 1. The first-order valence-corrected chi connectivity index (χ1v) is 9.34. The van der Waals surface area contributed by atoms with Gasteiger partial charge in [-0.2, -0.15) is 0 Å². The molecule has 0 saturated heterocycles. The third-order valence-corrected chi connectivity index (χ3v) is 3.33. The van der Waals surface area contributed by atoms with Gasteiger partial charge in [0.25, 0.3) is 0 Å². The fraction of sp³-hybridized carbons (Fsp3) is 0.692. The molecule has 0 heterocycles. The minimum atomic E-state index is -1.19. The average Bonchev–Trinajstić information content (AvgIpc) is 1.98. The Morgan fingerprint density at radius 1 is 1.33 bits per heavy atom. The Labute approximate surface area is 95.9 Å². The van der Waals surface area contributed by atoms with Crippen molar-refractivity contribution in [3.05, 3.63) is 23.9 Å². The molecular formula is C13H26OSi. The van der Waals surface area contributed by atoms with Crippen LogP contribution in [0.3, 0.4) is 0 Å². The predicted molar refractivity (Wildman–Crippen MR) is 71.7 cm³/mol. The van der Waals surface area contributed by atoms with Crippen LogP contribution < -0.4 is 0 Å². The van der Waals surface area contributed by atoms with Gasteiger partial charge in [-0.15, -0.1) is 0 Å². The van der Waals surface area contributed by atoms with E-state index < -0.39 is 8.07 Å². The molecule has 0 aliphatic heterocycles. The van der Waals surface area contributed by atoms with Gasteiger partial charge in [-0.05, 0) is 18.8 Å². The molecule has 15 heavy (non-hydrogen) atoms. The van der Waals surface area contributed by atoms with E-state index >= 15 is 0 Å². The van der Waals surface area contributed by atoms with Crippen LogP contribution in [0.15, 0.2) is 23.9 Å². The first kappa shape index (κ1) is 14.7. The molecule has 0 aromatic carbocycles. The molecule has 88 valence electrons. The molecule has 2 heteroatoms. The maximum atomic E-state index is 9.84. The Morgan fingerprint density at radius 2 is 1.87 bits per heavy atom. The van der Waals surface area contributed by atoms with E-state index in [2.05, 4.69) is 45.8 Å². The lowest BCUT2D eigenvalue weighted by Gasteiger charge is -2.16. The lowest BCUT2D eigenvalue weighted by atomic mass is 10.0. The summed E-state index contributed by atoms with van der Waals surface area (Å²) in [4.78, 5) is 0. The summed E-state index contributed by atoms with van der Waals surface area (Å²) in [5, 5.41) is 9.84. The van der Waals surface area contributed by atoms with E-state index in [1.165, 1.54) is 5.57 Å². The van der Waals surface area contributed by atoms with E-state index in [0.29, 0.717) is 5.92 Å². The summed E-state index contributed by atoms with van der Waals surface area (Å²) in [5.74, 6) is 0.554. The van der Waals surface area contributed by atoms with Crippen LogP contribution in [0.5, 0.6) is 0 Å². The Kier molecular flexibility index (Phi) is 6.14. The SMILES string of the molecule is C=C/C(=C/[Si](C)(C)C)C[C@@H](O)CC(C)C. The summed E-state index contributed by atoms with van der Waals surface area (Å²) < 4.78 is 0. The van der Waals surface area contributed by atoms with Crippen molar-refractivity contribution in [1.82, 2.24) is 0 Å². The van der Waals surface area contributed by atoms with Gasteiger partial charge in [-0.3, -0.25) is 0 Å². The van der Waals surface area contributed by atoms with Crippen LogP contribution in [-0.2, 0) is 0 Å². The van der Waals surface area contributed by atoms with Crippen molar-refractivity contribution < 1.29 is 5.11 Å². The van der Waals surface area contributed by atoms with Crippen LogP contribution in [-0.4, -0.2) is 19.3 Å². The van der Waals surface area contributed by atoms with Gasteiger partial charge < -0.3 is 5.11 Å². The van der Waals surface area contributed by atoms with Crippen LogP contribution in [0.1, 0.15) is 26.7 Å². The Bertz CT molecular complexity index is 223. The normalized spacial score (nSPS) is 15.5. The lowest BCUT2D eigenvalue weighted by Crippen LogP contribution is -2.18. The zero-order valence-electron chi connectivity index (χ0n) is 10.9.